The van der Waals surface area contributed by atoms with Gasteiger partial charge >= 0.3 is 6.03 Å². The van der Waals surface area contributed by atoms with Crippen LogP contribution in [-0.4, -0.2) is 41.7 Å². The van der Waals surface area contributed by atoms with E-state index in [2.05, 4.69) is 0 Å². The topological polar surface area (TPSA) is 66.9 Å². The lowest BCUT2D eigenvalue weighted by atomic mass is 10.1. The van der Waals surface area contributed by atoms with Crippen molar-refractivity contribution in [3.63, 3.8) is 0 Å². The third kappa shape index (κ3) is 3.85. The Hall–Kier alpha value is -3.12. The van der Waals surface area contributed by atoms with Crippen molar-refractivity contribution >= 4 is 35.5 Å². The quantitative estimate of drug-likeness (QED) is 0.599. The lowest BCUT2D eigenvalue weighted by Crippen LogP contribution is -2.52. The highest BCUT2D eigenvalue weighted by molar-refractivity contribution is 6.31. The van der Waals surface area contributed by atoms with Crippen LogP contribution < -0.4 is 4.74 Å². The zero-order valence-electron chi connectivity index (χ0n) is 14.8. The molecule has 0 N–H and O–H groups in total. The minimum atomic E-state index is -0.654. The lowest BCUT2D eigenvalue weighted by molar-refractivity contribution is -0.134. The molecule has 1 fully saturated rings. The number of benzene rings is 2. The average molecular weight is 385 g/mol. The Labute approximate surface area is 161 Å². The van der Waals surface area contributed by atoms with Crippen molar-refractivity contribution in [2.24, 2.45) is 0 Å². The largest absolute Gasteiger partial charge is 0.489 e. The average Bonchev–Trinajstić information content (AvgIpc) is 2.68. The van der Waals surface area contributed by atoms with E-state index in [1.807, 2.05) is 18.2 Å². The van der Waals surface area contributed by atoms with E-state index >= 15 is 0 Å². The van der Waals surface area contributed by atoms with Crippen LogP contribution in [0.5, 0.6) is 5.75 Å². The van der Waals surface area contributed by atoms with E-state index < -0.39 is 17.8 Å². The number of carbonyl (C=O) groups excluding carboxylic acids is 3. The predicted molar refractivity (Wildman–Crippen MR) is 101 cm³/mol. The summed E-state index contributed by atoms with van der Waals surface area (Å²) < 4.78 is 5.76. The van der Waals surface area contributed by atoms with Gasteiger partial charge in [-0.25, -0.2) is 4.79 Å². The number of hydrogen-bond acceptors (Lipinski definition) is 4. The van der Waals surface area contributed by atoms with Crippen molar-refractivity contribution in [2.45, 2.75) is 6.61 Å². The Balaban J connectivity index is 1.82. The molecule has 2 aromatic carbocycles. The first-order chi connectivity index (χ1) is 12.9. The minimum absolute atomic E-state index is 0.0807. The fourth-order valence-corrected chi connectivity index (χ4v) is 2.80. The summed E-state index contributed by atoms with van der Waals surface area (Å²) >= 11 is 6.12. The highest BCUT2D eigenvalue weighted by Crippen LogP contribution is 2.22. The molecule has 1 aliphatic heterocycles. The molecule has 1 aliphatic rings. The number of barbiturate groups is 1. The molecule has 4 amide bonds. The summed E-state index contributed by atoms with van der Waals surface area (Å²) in [6, 6.07) is 13.7. The number of halogens is 1. The van der Waals surface area contributed by atoms with Crippen molar-refractivity contribution < 1.29 is 19.1 Å². The first-order valence-corrected chi connectivity index (χ1v) is 8.54. The Morgan fingerprint density at radius 2 is 1.63 bits per heavy atom. The number of hydrogen-bond donors (Lipinski definition) is 0. The van der Waals surface area contributed by atoms with Crippen molar-refractivity contribution in [3.05, 3.63) is 70.3 Å². The second-order valence-electron chi connectivity index (χ2n) is 6.02. The SMILES string of the molecule is CN1C(=O)C(=Cc2cccc(OCc3ccccc3Cl)c2)C(=O)N(C)C1=O. The summed E-state index contributed by atoms with van der Waals surface area (Å²) in [4.78, 5) is 38.2. The van der Waals surface area contributed by atoms with Crippen molar-refractivity contribution in [1.82, 2.24) is 9.80 Å². The Bertz CT molecular complexity index is 929. The highest BCUT2D eigenvalue weighted by Gasteiger charge is 2.37. The maximum atomic E-state index is 12.3. The van der Waals surface area contributed by atoms with Crippen LogP contribution in [0.4, 0.5) is 4.79 Å². The molecule has 7 heteroatoms. The van der Waals surface area contributed by atoms with E-state index in [1.165, 1.54) is 20.2 Å². The van der Waals surface area contributed by atoms with Gasteiger partial charge in [-0.3, -0.25) is 19.4 Å². The molecule has 0 bridgehead atoms. The molecule has 0 atom stereocenters. The second kappa shape index (κ2) is 7.63. The van der Waals surface area contributed by atoms with E-state index in [-0.39, 0.29) is 12.2 Å². The molecule has 2 aromatic rings. The fourth-order valence-electron chi connectivity index (χ4n) is 2.61. The van der Waals surface area contributed by atoms with Gasteiger partial charge in [-0.05, 0) is 29.8 Å². The van der Waals surface area contributed by atoms with Crippen LogP contribution in [0.2, 0.25) is 5.02 Å². The molecular formula is C20H17ClN2O4. The number of urea groups is 1. The molecule has 6 nitrogen and oxygen atoms in total. The summed E-state index contributed by atoms with van der Waals surface area (Å²) in [5.74, 6) is -0.700. The summed E-state index contributed by atoms with van der Waals surface area (Å²) in [6.07, 6.45) is 1.45. The summed E-state index contributed by atoms with van der Waals surface area (Å²) in [6.45, 7) is 0.289. The molecule has 0 aromatic heterocycles. The molecule has 138 valence electrons. The Morgan fingerprint density at radius 1 is 0.963 bits per heavy atom. The molecule has 0 radical (unpaired) electrons. The van der Waals surface area contributed by atoms with Crippen LogP contribution in [0, 0.1) is 0 Å². The molecule has 0 aliphatic carbocycles. The summed E-state index contributed by atoms with van der Waals surface area (Å²) in [7, 11) is 2.68. The van der Waals surface area contributed by atoms with E-state index in [1.54, 1.807) is 30.3 Å². The lowest BCUT2D eigenvalue weighted by Gasteiger charge is -2.28. The van der Waals surface area contributed by atoms with Gasteiger partial charge in [0.15, 0.2) is 0 Å². The van der Waals surface area contributed by atoms with Gasteiger partial charge in [0.1, 0.15) is 17.9 Å². The molecule has 0 saturated carbocycles. The first-order valence-electron chi connectivity index (χ1n) is 8.16. The van der Waals surface area contributed by atoms with Crippen LogP contribution in [0.3, 0.4) is 0 Å². The van der Waals surface area contributed by atoms with Gasteiger partial charge in [0.25, 0.3) is 11.8 Å². The molecule has 1 heterocycles. The van der Waals surface area contributed by atoms with Gasteiger partial charge in [-0.1, -0.05) is 41.9 Å². The van der Waals surface area contributed by atoms with E-state index in [0.29, 0.717) is 16.3 Å². The molecule has 0 unspecified atom stereocenters. The van der Waals surface area contributed by atoms with Crippen LogP contribution in [-0.2, 0) is 16.2 Å². The second-order valence-corrected chi connectivity index (χ2v) is 6.43. The summed E-state index contributed by atoms with van der Waals surface area (Å²) in [5, 5.41) is 0.616. The Morgan fingerprint density at radius 3 is 2.30 bits per heavy atom. The number of nitrogens with zero attached hydrogens (tertiary/aromatic N) is 2. The number of rotatable bonds is 4. The van der Waals surface area contributed by atoms with Gasteiger partial charge in [0.05, 0.1) is 0 Å². The zero-order chi connectivity index (χ0) is 19.6. The minimum Gasteiger partial charge on any atom is -0.489 e. The Kier molecular flexibility index (Phi) is 5.28. The third-order valence-corrected chi connectivity index (χ3v) is 4.53. The third-order valence-electron chi connectivity index (χ3n) is 4.17. The number of imide groups is 2. The molecule has 27 heavy (non-hydrogen) atoms. The fraction of sp³-hybridized carbons (Fsp3) is 0.150. The predicted octanol–water partition coefficient (Wildman–Crippen LogP) is 3.35. The first kappa shape index (κ1) is 18.7. The van der Waals surface area contributed by atoms with Crippen molar-refractivity contribution in [1.29, 1.82) is 0 Å². The van der Waals surface area contributed by atoms with E-state index in [9.17, 15) is 14.4 Å². The molecule has 0 spiro atoms. The molecular weight excluding hydrogens is 368 g/mol. The number of carbonyl (C=O) groups is 3. The summed E-state index contributed by atoms with van der Waals surface area (Å²) in [5.41, 5.74) is 1.38. The van der Waals surface area contributed by atoms with E-state index in [0.717, 1.165) is 15.4 Å². The van der Waals surface area contributed by atoms with Gasteiger partial charge in [0.2, 0.25) is 0 Å². The van der Waals surface area contributed by atoms with E-state index in [4.69, 9.17) is 16.3 Å². The zero-order valence-corrected chi connectivity index (χ0v) is 15.6. The number of ether oxygens (including phenoxy) is 1. The highest BCUT2D eigenvalue weighted by atomic mass is 35.5. The van der Waals surface area contributed by atoms with Gasteiger partial charge in [0, 0.05) is 24.7 Å². The van der Waals surface area contributed by atoms with Gasteiger partial charge in [-0.2, -0.15) is 0 Å². The van der Waals surface area contributed by atoms with Crippen molar-refractivity contribution in [2.75, 3.05) is 14.1 Å². The van der Waals surface area contributed by atoms with Gasteiger partial charge in [-0.15, -0.1) is 0 Å². The van der Waals surface area contributed by atoms with Crippen LogP contribution in [0.15, 0.2) is 54.1 Å². The standard InChI is InChI=1S/C20H17ClN2O4/c1-22-18(24)16(19(25)23(2)20(22)26)11-13-6-5-8-15(10-13)27-12-14-7-3-4-9-17(14)21/h3-11H,12H2,1-2H3. The maximum absolute atomic E-state index is 12.3. The van der Waals surface area contributed by atoms with Gasteiger partial charge < -0.3 is 4.74 Å². The molecule has 3 rings (SSSR count). The van der Waals surface area contributed by atoms with Crippen LogP contribution >= 0.6 is 11.6 Å². The monoisotopic (exact) mass is 384 g/mol. The smallest absolute Gasteiger partial charge is 0.333 e. The maximum Gasteiger partial charge on any atom is 0.333 e. The van der Waals surface area contributed by atoms with Crippen LogP contribution in [0.25, 0.3) is 6.08 Å². The normalized spacial score (nSPS) is 14.6. The molecule has 1 saturated heterocycles. The number of amides is 4. The number of likely N-dealkylation sites (N-methyl/N-ethyl adjacent to an activating group) is 2. The van der Waals surface area contributed by atoms with Crippen molar-refractivity contribution in [3.8, 4) is 5.75 Å². The van der Waals surface area contributed by atoms with Crippen LogP contribution in [0.1, 0.15) is 11.1 Å².